The maximum Gasteiger partial charge on any atom is 0.00313 e. The van der Waals surface area contributed by atoms with Crippen LogP contribution in [-0.4, -0.2) is 5.33 Å². The topological polar surface area (TPSA) is 0 Å². The zero-order chi connectivity index (χ0) is 8.53. The minimum Gasteiger partial charge on any atom is -0.0928 e. The Morgan fingerprint density at radius 3 is 2.27 bits per heavy atom. The van der Waals surface area contributed by atoms with Gasteiger partial charge in [-0.15, -0.1) is 0 Å². The molecule has 0 aromatic heterocycles. The molecular formula is C10H21Br. The van der Waals surface area contributed by atoms with E-state index in [0.717, 1.165) is 5.92 Å². The highest BCUT2D eigenvalue weighted by atomic mass is 79.9. The van der Waals surface area contributed by atoms with Crippen LogP contribution in [0.25, 0.3) is 0 Å². The summed E-state index contributed by atoms with van der Waals surface area (Å²) in [6, 6.07) is 0. The highest BCUT2D eigenvalue weighted by Gasteiger charge is 1.99. The second kappa shape index (κ2) is 8.58. The fourth-order valence-corrected chi connectivity index (χ4v) is 1.68. The van der Waals surface area contributed by atoms with Crippen molar-refractivity contribution in [3.8, 4) is 0 Å². The predicted molar refractivity (Wildman–Crippen MR) is 56.3 cm³/mol. The van der Waals surface area contributed by atoms with Gasteiger partial charge in [0.05, 0.1) is 0 Å². The molecular weight excluding hydrogens is 200 g/mol. The molecule has 0 heterocycles. The Morgan fingerprint density at radius 1 is 1.09 bits per heavy atom. The first-order valence-electron chi connectivity index (χ1n) is 4.87. The van der Waals surface area contributed by atoms with Crippen LogP contribution in [0.2, 0.25) is 0 Å². The van der Waals surface area contributed by atoms with E-state index in [9.17, 15) is 0 Å². The van der Waals surface area contributed by atoms with Gasteiger partial charge in [-0.3, -0.25) is 0 Å². The summed E-state index contributed by atoms with van der Waals surface area (Å²) in [4.78, 5) is 0. The van der Waals surface area contributed by atoms with Gasteiger partial charge in [0.25, 0.3) is 0 Å². The number of halogens is 1. The SMILES string of the molecule is CCCCC(C)CCCCBr. The quantitative estimate of drug-likeness (QED) is 0.442. The molecule has 1 heteroatoms. The van der Waals surface area contributed by atoms with Gasteiger partial charge >= 0.3 is 0 Å². The maximum absolute atomic E-state index is 3.45. The van der Waals surface area contributed by atoms with E-state index in [1.54, 1.807) is 0 Å². The molecule has 0 spiro atoms. The van der Waals surface area contributed by atoms with Crippen molar-refractivity contribution >= 4 is 15.9 Å². The first-order chi connectivity index (χ1) is 5.31. The molecule has 0 radical (unpaired) electrons. The van der Waals surface area contributed by atoms with E-state index in [-0.39, 0.29) is 0 Å². The average Bonchev–Trinajstić information content (AvgIpc) is 2.01. The van der Waals surface area contributed by atoms with E-state index in [4.69, 9.17) is 0 Å². The Bertz CT molecular complexity index is 71.3. The summed E-state index contributed by atoms with van der Waals surface area (Å²) in [5.41, 5.74) is 0. The van der Waals surface area contributed by atoms with Gasteiger partial charge in [-0.25, -0.2) is 0 Å². The first-order valence-corrected chi connectivity index (χ1v) is 5.99. The highest BCUT2D eigenvalue weighted by molar-refractivity contribution is 9.09. The summed E-state index contributed by atoms with van der Waals surface area (Å²) < 4.78 is 0. The predicted octanol–water partition coefficient (Wildman–Crippen LogP) is 4.38. The summed E-state index contributed by atoms with van der Waals surface area (Å²) in [6.07, 6.45) is 8.36. The fraction of sp³-hybridized carbons (Fsp3) is 1.00. The van der Waals surface area contributed by atoms with Crippen LogP contribution in [0.4, 0.5) is 0 Å². The molecule has 1 unspecified atom stereocenters. The fourth-order valence-electron chi connectivity index (χ4n) is 1.28. The Labute approximate surface area is 79.9 Å². The van der Waals surface area contributed by atoms with E-state index >= 15 is 0 Å². The lowest BCUT2D eigenvalue weighted by Gasteiger charge is -2.08. The van der Waals surface area contributed by atoms with Crippen LogP contribution in [0.1, 0.15) is 52.4 Å². The van der Waals surface area contributed by atoms with Gasteiger partial charge in [-0.1, -0.05) is 61.9 Å². The monoisotopic (exact) mass is 220 g/mol. The third-order valence-corrected chi connectivity index (χ3v) is 2.69. The van der Waals surface area contributed by atoms with Crippen molar-refractivity contribution < 1.29 is 0 Å². The molecule has 0 aromatic rings. The van der Waals surface area contributed by atoms with E-state index in [1.165, 1.54) is 43.9 Å². The van der Waals surface area contributed by atoms with E-state index in [0.29, 0.717) is 0 Å². The Kier molecular flexibility index (Phi) is 8.95. The van der Waals surface area contributed by atoms with E-state index < -0.39 is 0 Å². The van der Waals surface area contributed by atoms with Crippen LogP contribution in [0.15, 0.2) is 0 Å². The minimum atomic E-state index is 0.953. The summed E-state index contributed by atoms with van der Waals surface area (Å²) >= 11 is 3.45. The zero-order valence-electron chi connectivity index (χ0n) is 7.91. The van der Waals surface area contributed by atoms with Gasteiger partial charge in [0.1, 0.15) is 0 Å². The van der Waals surface area contributed by atoms with Crippen molar-refractivity contribution in [1.82, 2.24) is 0 Å². The molecule has 0 N–H and O–H groups in total. The average molecular weight is 221 g/mol. The minimum absolute atomic E-state index is 0.953. The molecule has 68 valence electrons. The van der Waals surface area contributed by atoms with Gasteiger partial charge in [0.15, 0.2) is 0 Å². The van der Waals surface area contributed by atoms with Crippen LogP contribution in [0.3, 0.4) is 0 Å². The first kappa shape index (κ1) is 11.5. The van der Waals surface area contributed by atoms with Crippen molar-refractivity contribution in [2.45, 2.75) is 52.4 Å². The largest absolute Gasteiger partial charge is 0.0928 e. The number of hydrogen-bond donors (Lipinski definition) is 0. The van der Waals surface area contributed by atoms with E-state index in [1.807, 2.05) is 0 Å². The van der Waals surface area contributed by atoms with Gasteiger partial charge < -0.3 is 0 Å². The molecule has 0 aliphatic carbocycles. The molecule has 0 nitrogen and oxygen atoms in total. The lowest BCUT2D eigenvalue weighted by atomic mass is 9.98. The van der Waals surface area contributed by atoms with Gasteiger partial charge in [0.2, 0.25) is 0 Å². The van der Waals surface area contributed by atoms with Gasteiger partial charge in [-0.2, -0.15) is 0 Å². The standard InChI is InChI=1S/C10H21Br/c1-3-4-7-10(2)8-5-6-9-11/h10H,3-9H2,1-2H3. The molecule has 11 heavy (non-hydrogen) atoms. The lowest BCUT2D eigenvalue weighted by Crippen LogP contribution is -1.94. The summed E-state index contributed by atoms with van der Waals surface area (Å²) in [7, 11) is 0. The van der Waals surface area contributed by atoms with Gasteiger partial charge in [0, 0.05) is 5.33 Å². The third-order valence-electron chi connectivity index (χ3n) is 2.13. The van der Waals surface area contributed by atoms with Crippen LogP contribution >= 0.6 is 15.9 Å². The molecule has 0 aliphatic rings. The van der Waals surface area contributed by atoms with Gasteiger partial charge in [-0.05, 0) is 12.3 Å². The normalized spacial score (nSPS) is 13.4. The van der Waals surface area contributed by atoms with Crippen LogP contribution in [-0.2, 0) is 0 Å². The number of hydrogen-bond acceptors (Lipinski definition) is 0. The van der Waals surface area contributed by atoms with Crippen molar-refractivity contribution in [3.05, 3.63) is 0 Å². The molecule has 0 fully saturated rings. The van der Waals surface area contributed by atoms with Crippen molar-refractivity contribution in [2.75, 3.05) is 5.33 Å². The Morgan fingerprint density at radius 2 is 1.73 bits per heavy atom. The molecule has 0 amide bonds. The summed E-state index contributed by atoms with van der Waals surface area (Å²) in [6.45, 7) is 4.65. The molecule has 1 atom stereocenters. The Hall–Kier alpha value is 0.480. The number of alkyl halides is 1. The van der Waals surface area contributed by atoms with Crippen molar-refractivity contribution in [3.63, 3.8) is 0 Å². The number of rotatable bonds is 7. The Balaban J connectivity index is 3.02. The van der Waals surface area contributed by atoms with Crippen LogP contribution < -0.4 is 0 Å². The molecule has 0 aromatic carbocycles. The summed E-state index contributed by atoms with van der Waals surface area (Å²) in [5, 5.41) is 1.17. The van der Waals surface area contributed by atoms with Crippen LogP contribution in [0.5, 0.6) is 0 Å². The smallest absolute Gasteiger partial charge is 0.00313 e. The second-order valence-electron chi connectivity index (χ2n) is 3.43. The second-order valence-corrected chi connectivity index (χ2v) is 4.23. The number of unbranched alkanes of at least 4 members (excludes halogenated alkanes) is 2. The molecule has 0 saturated carbocycles. The van der Waals surface area contributed by atoms with Crippen molar-refractivity contribution in [2.24, 2.45) is 5.92 Å². The molecule has 0 rings (SSSR count). The molecule has 0 saturated heterocycles. The molecule has 0 bridgehead atoms. The van der Waals surface area contributed by atoms with E-state index in [2.05, 4.69) is 29.8 Å². The highest BCUT2D eigenvalue weighted by Crippen LogP contribution is 2.15. The van der Waals surface area contributed by atoms with Crippen molar-refractivity contribution in [1.29, 1.82) is 0 Å². The maximum atomic E-state index is 3.45. The van der Waals surface area contributed by atoms with Crippen LogP contribution in [0, 0.1) is 5.92 Å². The zero-order valence-corrected chi connectivity index (χ0v) is 9.49. The third kappa shape index (κ3) is 8.39. The molecule has 0 aliphatic heterocycles. The lowest BCUT2D eigenvalue weighted by molar-refractivity contribution is 0.455. The summed E-state index contributed by atoms with van der Waals surface area (Å²) in [5.74, 6) is 0.953.